The van der Waals surface area contributed by atoms with Gasteiger partial charge in [-0.3, -0.25) is 4.79 Å². The van der Waals surface area contributed by atoms with Gasteiger partial charge >= 0.3 is 0 Å². The summed E-state index contributed by atoms with van der Waals surface area (Å²) in [5.41, 5.74) is 3.48. The van der Waals surface area contributed by atoms with Crippen molar-refractivity contribution in [3.05, 3.63) is 78.1 Å². The van der Waals surface area contributed by atoms with Crippen LogP contribution in [0, 0.1) is 6.92 Å². The molecule has 0 atom stereocenters. The molecule has 1 N–H and O–H groups in total. The van der Waals surface area contributed by atoms with Crippen LogP contribution in [-0.4, -0.2) is 28.7 Å². The first-order valence-corrected chi connectivity index (χ1v) is 10.5. The van der Waals surface area contributed by atoms with Gasteiger partial charge < -0.3 is 24.1 Å². The molecule has 0 unspecified atom stereocenters. The molecule has 1 aliphatic rings. The lowest BCUT2D eigenvalue weighted by Gasteiger charge is -2.19. The predicted octanol–water partition coefficient (Wildman–Crippen LogP) is 4.33. The Morgan fingerprint density at radius 1 is 1.03 bits per heavy atom. The number of amides is 1. The third kappa shape index (κ3) is 4.23. The third-order valence-electron chi connectivity index (χ3n) is 5.22. The minimum Gasteiger partial charge on any atom is -0.486 e. The molecule has 0 aliphatic carbocycles. The quantitative estimate of drug-likeness (QED) is 0.494. The topological polar surface area (TPSA) is 74.6 Å². The molecule has 0 saturated heterocycles. The summed E-state index contributed by atoms with van der Waals surface area (Å²) in [6.07, 6.45) is 0. The second-order valence-corrected chi connectivity index (χ2v) is 7.61. The van der Waals surface area contributed by atoms with Crippen LogP contribution >= 0.6 is 0 Å². The Hall–Kier alpha value is -4.00. The summed E-state index contributed by atoms with van der Waals surface area (Å²) in [5, 5.41) is 2.94. The van der Waals surface area contributed by atoms with Crippen molar-refractivity contribution in [3.63, 3.8) is 0 Å². The highest BCUT2D eigenvalue weighted by molar-refractivity contribution is 5.92. The van der Waals surface area contributed by atoms with Crippen LogP contribution in [0.4, 0.5) is 5.69 Å². The van der Waals surface area contributed by atoms with Gasteiger partial charge in [-0.1, -0.05) is 24.3 Å². The Labute approximate surface area is 185 Å². The Kier molecular flexibility index (Phi) is 5.37. The van der Waals surface area contributed by atoms with Crippen molar-refractivity contribution in [1.29, 1.82) is 0 Å². The van der Waals surface area contributed by atoms with E-state index in [1.807, 2.05) is 60.0 Å². The maximum atomic E-state index is 12.9. The first-order valence-electron chi connectivity index (χ1n) is 10.5. The molecule has 5 rings (SSSR count). The number of nitrogens with zero attached hydrogens (tertiary/aromatic N) is 2. The van der Waals surface area contributed by atoms with Crippen molar-refractivity contribution in [3.8, 4) is 17.2 Å². The van der Waals surface area contributed by atoms with Crippen molar-refractivity contribution >= 4 is 22.6 Å². The fraction of sp³-hybridized carbons (Fsp3) is 0.200. The van der Waals surface area contributed by atoms with E-state index in [-0.39, 0.29) is 19.1 Å². The SMILES string of the molecule is Cc1cccc(OCc2nc3ccccc3n2CC(=O)Nc2ccc3c(c2)OCCO3)c1. The van der Waals surface area contributed by atoms with E-state index in [9.17, 15) is 4.79 Å². The van der Waals surface area contributed by atoms with Crippen LogP contribution in [0.2, 0.25) is 0 Å². The number of aryl methyl sites for hydroxylation is 1. The van der Waals surface area contributed by atoms with Gasteiger partial charge in [-0.2, -0.15) is 0 Å². The Balaban J connectivity index is 1.35. The number of fused-ring (bicyclic) bond motifs is 2. The molecule has 0 spiro atoms. The minimum absolute atomic E-state index is 0.113. The summed E-state index contributed by atoms with van der Waals surface area (Å²) in [4.78, 5) is 17.6. The number of imidazole rings is 1. The van der Waals surface area contributed by atoms with E-state index < -0.39 is 0 Å². The molecule has 32 heavy (non-hydrogen) atoms. The van der Waals surface area contributed by atoms with Gasteiger partial charge in [0.2, 0.25) is 5.91 Å². The summed E-state index contributed by atoms with van der Waals surface area (Å²) in [7, 11) is 0. The summed E-state index contributed by atoms with van der Waals surface area (Å²) in [6.45, 7) is 3.41. The molecule has 0 radical (unpaired) electrons. The molecular weight excluding hydrogens is 406 g/mol. The number of carbonyl (C=O) groups excluding carboxylic acids is 1. The van der Waals surface area contributed by atoms with E-state index in [1.165, 1.54) is 0 Å². The van der Waals surface area contributed by atoms with E-state index in [2.05, 4.69) is 10.3 Å². The second kappa shape index (κ2) is 8.63. The normalized spacial score (nSPS) is 12.5. The summed E-state index contributed by atoms with van der Waals surface area (Å²) in [6, 6.07) is 21.0. The van der Waals surface area contributed by atoms with Gasteiger partial charge in [-0.15, -0.1) is 0 Å². The largest absolute Gasteiger partial charge is 0.486 e. The molecule has 4 aromatic rings. The Bertz CT molecular complexity index is 1280. The van der Waals surface area contributed by atoms with Gasteiger partial charge in [0, 0.05) is 11.8 Å². The fourth-order valence-electron chi connectivity index (χ4n) is 3.73. The molecule has 0 bridgehead atoms. The van der Waals surface area contributed by atoms with Gasteiger partial charge in [0.05, 0.1) is 11.0 Å². The van der Waals surface area contributed by atoms with Gasteiger partial charge in [0.25, 0.3) is 0 Å². The van der Waals surface area contributed by atoms with Crippen LogP contribution in [0.5, 0.6) is 17.2 Å². The number of carbonyl (C=O) groups is 1. The van der Waals surface area contributed by atoms with Crippen molar-refractivity contribution < 1.29 is 19.0 Å². The number of aromatic nitrogens is 2. The number of nitrogens with one attached hydrogen (secondary N) is 1. The van der Waals surface area contributed by atoms with E-state index in [4.69, 9.17) is 14.2 Å². The maximum Gasteiger partial charge on any atom is 0.244 e. The number of hydrogen-bond donors (Lipinski definition) is 1. The second-order valence-electron chi connectivity index (χ2n) is 7.61. The molecule has 7 heteroatoms. The van der Waals surface area contributed by atoms with Gasteiger partial charge in [0.1, 0.15) is 37.9 Å². The highest BCUT2D eigenvalue weighted by atomic mass is 16.6. The van der Waals surface area contributed by atoms with Crippen LogP contribution in [0.1, 0.15) is 11.4 Å². The third-order valence-corrected chi connectivity index (χ3v) is 5.22. The van der Waals surface area contributed by atoms with Crippen LogP contribution in [0.25, 0.3) is 11.0 Å². The summed E-state index contributed by atoms with van der Waals surface area (Å²) < 4.78 is 19.0. The molecule has 7 nitrogen and oxygen atoms in total. The van der Waals surface area contributed by atoms with Crippen molar-refractivity contribution in [2.24, 2.45) is 0 Å². The monoisotopic (exact) mass is 429 g/mol. The smallest absolute Gasteiger partial charge is 0.244 e. The van der Waals surface area contributed by atoms with E-state index in [0.29, 0.717) is 36.2 Å². The fourth-order valence-corrected chi connectivity index (χ4v) is 3.73. The van der Waals surface area contributed by atoms with E-state index in [0.717, 1.165) is 22.3 Å². The summed E-state index contributed by atoms with van der Waals surface area (Å²) >= 11 is 0. The minimum atomic E-state index is -0.165. The highest BCUT2D eigenvalue weighted by Gasteiger charge is 2.16. The zero-order valence-corrected chi connectivity index (χ0v) is 17.7. The molecule has 1 aliphatic heterocycles. The zero-order valence-electron chi connectivity index (χ0n) is 17.7. The average molecular weight is 429 g/mol. The first kappa shape index (κ1) is 19.9. The van der Waals surface area contributed by atoms with Crippen molar-refractivity contribution in [2.75, 3.05) is 18.5 Å². The summed E-state index contributed by atoms with van der Waals surface area (Å²) in [5.74, 6) is 2.61. The standard InChI is InChI=1S/C25H23N3O4/c1-17-5-4-6-19(13-17)32-16-24-27-20-7-2-3-8-21(20)28(24)15-25(29)26-18-9-10-22-23(14-18)31-12-11-30-22/h2-10,13-14H,11-12,15-16H2,1H3,(H,26,29). The number of rotatable bonds is 6. The molecule has 2 heterocycles. The van der Waals surface area contributed by atoms with Crippen LogP contribution in [0.3, 0.4) is 0 Å². The number of benzene rings is 3. The number of hydrogen-bond acceptors (Lipinski definition) is 5. The van der Waals surface area contributed by atoms with Gasteiger partial charge in [-0.25, -0.2) is 4.98 Å². The lowest BCUT2D eigenvalue weighted by Crippen LogP contribution is -2.21. The average Bonchev–Trinajstić information content (AvgIpc) is 3.15. The molecular formula is C25H23N3O4. The lowest BCUT2D eigenvalue weighted by molar-refractivity contribution is -0.116. The van der Waals surface area contributed by atoms with Gasteiger partial charge in [-0.05, 0) is 48.9 Å². The van der Waals surface area contributed by atoms with Crippen LogP contribution < -0.4 is 19.5 Å². The Morgan fingerprint density at radius 2 is 1.88 bits per heavy atom. The first-order chi connectivity index (χ1) is 15.7. The zero-order chi connectivity index (χ0) is 21.9. The number of anilines is 1. The molecule has 1 aromatic heterocycles. The molecule has 3 aromatic carbocycles. The van der Waals surface area contributed by atoms with Crippen LogP contribution in [0.15, 0.2) is 66.7 Å². The number of para-hydroxylation sites is 2. The van der Waals surface area contributed by atoms with Crippen molar-refractivity contribution in [2.45, 2.75) is 20.1 Å². The van der Waals surface area contributed by atoms with Crippen molar-refractivity contribution in [1.82, 2.24) is 9.55 Å². The predicted molar refractivity (Wildman–Crippen MR) is 121 cm³/mol. The van der Waals surface area contributed by atoms with Crippen LogP contribution in [-0.2, 0) is 17.9 Å². The molecule has 1 amide bonds. The molecule has 162 valence electrons. The molecule has 0 saturated carbocycles. The Morgan fingerprint density at radius 3 is 2.75 bits per heavy atom. The van der Waals surface area contributed by atoms with Gasteiger partial charge in [0.15, 0.2) is 11.5 Å². The van der Waals surface area contributed by atoms with E-state index >= 15 is 0 Å². The molecule has 0 fully saturated rings. The maximum absolute atomic E-state index is 12.9. The number of ether oxygens (including phenoxy) is 3. The highest BCUT2D eigenvalue weighted by Crippen LogP contribution is 2.32. The van der Waals surface area contributed by atoms with E-state index in [1.54, 1.807) is 18.2 Å². The lowest BCUT2D eigenvalue weighted by atomic mass is 10.2.